The topological polar surface area (TPSA) is 38.5 Å². The Kier molecular flexibility index (Phi) is 3.34. The quantitative estimate of drug-likeness (QED) is 0.776. The number of nitrogens with two attached hydrogens (primary N) is 1. The van der Waals surface area contributed by atoms with Crippen molar-refractivity contribution in [3.8, 4) is 0 Å². The van der Waals surface area contributed by atoms with E-state index < -0.39 is 0 Å². The van der Waals surface area contributed by atoms with Gasteiger partial charge in [-0.1, -0.05) is 6.92 Å². The molecule has 2 rings (SSSR count). The first-order valence-electron chi connectivity index (χ1n) is 5.92. The van der Waals surface area contributed by atoms with Gasteiger partial charge in [-0.05, 0) is 37.1 Å². The molecule has 3 heteroatoms. The highest BCUT2D eigenvalue weighted by molar-refractivity contribution is 5.58. The zero-order chi connectivity index (χ0) is 11.5. The first kappa shape index (κ1) is 11.3. The van der Waals surface area contributed by atoms with Gasteiger partial charge in [0.05, 0.1) is 12.7 Å². The van der Waals surface area contributed by atoms with Gasteiger partial charge in [0.1, 0.15) is 0 Å². The van der Waals surface area contributed by atoms with Crippen molar-refractivity contribution in [1.82, 2.24) is 0 Å². The molecule has 0 aromatic heterocycles. The van der Waals surface area contributed by atoms with Gasteiger partial charge in [0, 0.05) is 24.5 Å². The van der Waals surface area contributed by atoms with Crippen molar-refractivity contribution in [2.45, 2.75) is 26.4 Å². The SMILES string of the molecule is CCC1CN(c2cc(C)cc(N)c2)CCO1. The Morgan fingerprint density at radius 3 is 2.94 bits per heavy atom. The van der Waals surface area contributed by atoms with E-state index in [0.29, 0.717) is 6.10 Å². The van der Waals surface area contributed by atoms with Crippen LogP contribution >= 0.6 is 0 Å². The molecule has 1 saturated heterocycles. The highest BCUT2D eigenvalue weighted by Gasteiger charge is 2.19. The van der Waals surface area contributed by atoms with Crippen LogP contribution in [-0.4, -0.2) is 25.8 Å². The van der Waals surface area contributed by atoms with Crippen LogP contribution in [0.2, 0.25) is 0 Å². The van der Waals surface area contributed by atoms with E-state index in [4.69, 9.17) is 10.5 Å². The molecule has 88 valence electrons. The molecule has 3 nitrogen and oxygen atoms in total. The van der Waals surface area contributed by atoms with Gasteiger partial charge >= 0.3 is 0 Å². The summed E-state index contributed by atoms with van der Waals surface area (Å²) in [7, 11) is 0. The van der Waals surface area contributed by atoms with E-state index in [0.717, 1.165) is 31.8 Å². The van der Waals surface area contributed by atoms with Gasteiger partial charge in [-0.15, -0.1) is 0 Å². The lowest BCUT2D eigenvalue weighted by molar-refractivity contribution is 0.0384. The molecule has 16 heavy (non-hydrogen) atoms. The van der Waals surface area contributed by atoms with Crippen molar-refractivity contribution in [3.63, 3.8) is 0 Å². The van der Waals surface area contributed by atoms with Crippen LogP contribution in [0.25, 0.3) is 0 Å². The highest BCUT2D eigenvalue weighted by Crippen LogP contribution is 2.23. The van der Waals surface area contributed by atoms with Gasteiger partial charge in [-0.25, -0.2) is 0 Å². The number of ether oxygens (including phenoxy) is 1. The van der Waals surface area contributed by atoms with Gasteiger partial charge in [0.2, 0.25) is 0 Å². The van der Waals surface area contributed by atoms with E-state index in [1.165, 1.54) is 11.3 Å². The summed E-state index contributed by atoms with van der Waals surface area (Å²) in [6, 6.07) is 6.24. The van der Waals surface area contributed by atoms with Crippen LogP contribution in [0.15, 0.2) is 18.2 Å². The molecule has 0 aliphatic carbocycles. The number of morpholine rings is 1. The summed E-state index contributed by atoms with van der Waals surface area (Å²) in [6.07, 6.45) is 1.42. The van der Waals surface area contributed by atoms with Crippen LogP contribution in [0, 0.1) is 6.92 Å². The number of aryl methyl sites for hydroxylation is 1. The standard InChI is InChI=1S/C13H20N2O/c1-3-13-9-15(4-5-16-13)12-7-10(2)6-11(14)8-12/h6-8,13H,3-5,9,14H2,1-2H3. The summed E-state index contributed by atoms with van der Waals surface area (Å²) in [4.78, 5) is 2.36. The van der Waals surface area contributed by atoms with Crippen molar-refractivity contribution in [2.24, 2.45) is 0 Å². The molecule has 1 aromatic rings. The van der Waals surface area contributed by atoms with E-state index >= 15 is 0 Å². The second-order valence-electron chi connectivity index (χ2n) is 4.45. The minimum absolute atomic E-state index is 0.357. The zero-order valence-electron chi connectivity index (χ0n) is 10.1. The van der Waals surface area contributed by atoms with Crippen LogP contribution in [-0.2, 0) is 4.74 Å². The molecule has 1 aromatic carbocycles. The van der Waals surface area contributed by atoms with Crippen molar-refractivity contribution in [2.75, 3.05) is 30.3 Å². The molecule has 0 spiro atoms. The number of rotatable bonds is 2. The molecule has 0 saturated carbocycles. The Balaban J connectivity index is 2.16. The first-order valence-corrected chi connectivity index (χ1v) is 5.92. The summed E-state index contributed by atoms with van der Waals surface area (Å²) < 4.78 is 5.67. The van der Waals surface area contributed by atoms with E-state index in [1.807, 2.05) is 12.1 Å². The second kappa shape index (κ2) is 4.74. The maximum Gasteiger partial charge on any atom is 0.0748 e. The molecule has 1 fully saturated rings. The number of hydrogen-bond acceptors (Lipinski definition) is 3. The first-order chi connectivity index (χ1) is 7.69. The molecule has 0 bridgehead atoms. The van der Waals surface area contributed by atoms with Crippen LogP contribution in [0.3, 0.4) is 0 Å². The van der Waals surface area contributed by atoms with Crippen LogP contribution in [0.5, 0.6) is 0 Å². The fourth-order valence-electron chi connectivity index (χ4n) is 2.18. The smallest absolute Gasteiger partial charge is 0.0748 e. The summed E-state index contributed by atoms with van der Waals surface area (Å²) >= 11 is 0. The summed E-state index contributed by atoms with van der Waals surface area (Å²) in [6.45, 7) is 6.99. The second-order valence-corrected chi connectivity index (χ2v) is 4.45. The predicted octanol–water partition coefficient (Wildman–Crippen LogP) is 2.19. The number of benzene rings is 1. The molecule has 1 heterocycles. The van der Waals surface area contributed by atoms with Crippen LogP contribution < -0.4 is 10.6 Å². The van der Waals surface area contributed by atoms with E-state index in [9.17, 15) is 0 Å². The van der Waals surface area contributed by atoms with Gasteiger partial charge in [-0.3, -0.25) is 0 Å². The third-order valence-corrected chi connectivity index (χ3v) is 3.04. The Hall–Kier alpha value is -1.22. The minimum atomic E-state index is 0.357. The van der Waals surface area contributed by atoms with Crippen molar-refractivity contribution < 1.29 is 4.74 Å². The van der Waals surface area contributed by atoms with Crippen molar-refractivity contribution >= 4 is 11.4 Å². The fraction of sp³-hybridized carbons (Fsp3) is 0.538. The fourth-order valence-corrected chi connectivity index (χ4v) is 2.18. The average molecular weight is 220 g/mol. The molecule has 0 radical (unpaired) electrons. The molecule has 2 N–H and O–H groups in total. The van der Waals surface area contributed by atoms with E-state index in [2.05, 4.69) is 24.8 Å². The lowest BCUT2D eigenvalue weighted by Crippen LogP contribution is -2.42. The van der Waals surface area contributed by atoms with E-state index in [1.54, 1.807) is 0 Å². The van der Waals surface area contributed by atoms with Crippen molar-refractivity contribution in [1.29, 1.82) is 0 Å². The van der Waals surface area contributed by atoms with Gasteiger partial charge in [-0.2, -0.15) is 0 Å². The van der Waals surface area contributed by atoms with Crippen LogP contribution in [0.4, 0.5) is 11.4 Å². The summed E-state index contributed by atoms with van der Waals surface area (Å²) in [5.41, 5.74) is 9.16. The molecular formula is C13H20N2O. The van der Waals surface area contributed by atoms with Crippen molar-refractivity contribution in [3.05, 3.63) is 23.8 Å². The molecule has 1 aliphatic rings. The molecule has 1 atom stereocenters. The maximum atomic E-state index is 5.88. The van der Waals surface area contributed by atoms with Crippen LogP contribution in [0.1, 0.15) is 18.9 Å². The number of anilines is 2. The van der Waals surface area contributed by atoms with E-state index in [-0.39, 0.29) is 0 Å². The monoisotopic (exact) mass is 220 g/mol. The highest BCUT2D eigenvalue weighted by atomic mass is 16.5. The molecule has 0 amide bonds. The average Bonchev–Trinajstić information content (AvgIpc) is 2.28. The third kappa shape index (κ3) is 2.47. The molecular weight excluding hydrogens is 200 g/mol. The Morgan fingerprint density at radius 1 is 1.44 bits per heavy atom. The number of nitrogens with zero attached hydrogens (tertiary/aromatic N) is 1. The Labute approximate surface area is 97.2 Å². The third-order valence-electron chi connectivity index (χ3n) is 3.04. The largest absolute Gasteiger partial charge is 0.399 e. The Bertz CT molecular complexity index is 345. The summed E-state index contributed by atoms with van der Waals surface area (Å²) in [5, 5.41) is 0. The predicted molar refractivity (Wildman–Crippen MR) is 67.8 cm³/mol. The molecule has 1 unspecified atom stereocenters. The van der Waals surface area contributed by atoms with Gasteiger partial charge in [0.25, 0.3) is 0 Å². The van der Waals surface area contributed by atoms with Gasteiger partial charge in [0.15, 0.2) is 0 Å². The Morgan fingerprint density at radius 2 is 2.25 bits per heavy atom. The maximum absolute atomic E-state index is 5.88. The number of hydrogen-bond donors (Lipinski definition) is 1. The molecule has 1 aliphatic heterocycles. The summed E-state index contributed by atoms with van der Waals surface area (Å²) in [5.74, 6) is 0. The normalized spacial score (nSPS) is 21.1. The lowest BCUT2D eigenvalue weighted by atomic mass is 10.1. The minimum Gasteiger partial charge on any atom is -0.399 e. The zero-order valence-corrected chi connectivity index (χ0v) is 10.1. The number of nitrogen functional groups attached to an aromatic ring is 1. The lowest BCUT2D eigenvalue weighted by Gasteiger charge is -2.34. The van der Waals surface area contributed by atoms with Gasteiger partial charge < -0.3 is 15.4 Å².